The van der Waals surface area contributed by atoms with Crippen molar-refractivity contribution in [3.8, 4) is 6.07 Å². The van der Waals surface area contributed by atoms with Crippen LogP contribution in [0.2, 0.25) is 0 Å². The van der Waals surface area contributed by atoms with Crippen LogP contribution in [0.25, 0.3) is 11.9 Å². The van der Waals surface area contributed by atoms with Gasteiger partial charge in [0.15, 0.2) is 0 Å². The summed E-state index contributed by atoms with van der Waals surface area (Å²) in [4.78, 5) is 8.40. The van der Waals surface area contributed by atoms with Crippen LogP contribution in [0, 0.1) is 24.1 Å². The molecular weight excluding hydrogens is 422 g/mol. The predicted octanol–water partition coefficient (Wildman–Crippen LogP) is 4.98. The van der Waals surface area contributed by atoms with Crippen molar-refractivity contribution in [2.24, 2.45) is 10.7 Å². The summed E-state index contributed by atoms with van der Waals surface area (Å²) in [6.45, 7) is 6.37. The van der Waals surface area contributed by atoms with Crippen LogP contribution >= 0.6 is 10.6 Å². The third-order valence-electron chi connectivity index (χ3n) is 5.58. The highest BCUT2D eigenvalue weighted by atomic mass is 32.3. The Bertz CT molecular complexity index is 1150. The molecule has 0 radical (unpaired) electrons. The average Bonchev–Trinajstić information content (AvgIpc) is 2.67. The van der Waals surface area contributed by atoms with Gasteiger partial charge in [0.05, 0.1) is 11.3 Å². The molecule has 0 aliphatic carbocycles. The zero-order chi connectivity index (χ0) is 23.2. The van der Waals surface area contributed by atoms with Gasteiger partial charge in [0.25, 0.3) is 0 Å². The van der Waals surface area contributed by atoms with Crippen molar-refractivity contribution in [3.05, 3.63) is 64.2 Å². The Morgan fingerprint density at radius 3 is 2.55 bits per heavy atom. The number of aliphatic imine (C=N–C) groups is 1. The van der Waals surface area contributed by atoms with Crippen LogP contribution < -0.4 is 5.73 Å². The number of nitrogens with zero attached hydrogens (tertiary/aromatic N) is 3. The Morgan fingerprint density at radius 2 is 1.97 bits per heavy atom. The standard InChI is InChI=1S/C22H24F2N4O2S/c1-13-7-15(10-25)11-27-19(13)18(24)9-14-5-6-17(23)16(8-14)22(4)12-31(29,30)21(2,3)20(26)28-22/h5-9,11,29-30H,12H2,1-4H3,(H2,26,28). The molecule has 0 saturated heterocycles. The molecule has 1 unspecified atom stereocenters. The lowest BCUT2D eigenvalue weighted by Crippen LogP contribution is -2.52. The number of pyridine rings is 1. The molecule has 0 bridgehead atoms. The SMILES string of the molecule is Cc1cc(C#N)cnc1C(F)=Cc1ccc(F)c(C2(C)CS(O)(O)C(C)(C)C(N)=N2)c1. The monoisotopic (exact) mass is 446 g/mol. The van der Waals surface area contributed by atoms with Crippen molar-refractivity contribution in [1.29, 1.82) is 5.26 Å². The molecule has 31 heavy (non-hydrogen) atoms. The van der Waals surface area contributed by atoms with Gasteiger partial charge < -0.3 is 5.73 Å². The molecule has 1 aromatic carbocycles. The maximum atomic E-state index is 14.9. The van der Waals surface area contributed by atoms with Crippen molar-refractivity contribution in [3.63, 3.8) is 0 Å². The quantitative estimate of drug-likeness (QED) is 0.615. The van der Waals surface area contributed by atoms with Crippen LogP contribution in [0.3, 0.4) is 0 Å². The van der Waals surface area contributed by atoms with Gasteiger partial charge in [-0.05, 0) is 63.1 Å². The molecule has 3 rings (SSSR count). The van der Waals surface area contributed by atoms with Gasteiger partial charge in [0, 0.05) is 11.8 Å². The molecule has 2 heterocycles. The maximum Gasteiger partial charge on any atom is 0.149 e. The molecule has 4 N–H and O–H groups in total. The van der Waals surface area contributed by atoms with E-state index in [2.05, 4.69) is 9.98 Å². The third-order valence-corrected chi connectivity index (χ3v) is 8.39. The summed E-state index contributed by atoms with van der Waals surface area (Å²) in [5, 5.41) is 8.93. The molecule has 164 valence electrons. The summed E-state index contributed by atoms with van der Waals surface area (Å²) < 4.78 is 49.8. The Morgan fingerprint density at radius 1 is 1.29 bits per heavy atom. The Hall–Kier alpha value is -2.80. The van der Waals surface area contributed by atoms with Crippen LogP contribution in [0.5, 0.6) is 0 Å². The fraction of sp³-hybridized carbons (Fsp3) is 0.318. The van der Waals surface area contributed by atoms with Crippen LogP contribution in [0.15, 0.2) is 35.5 Å². The van der Waals surface area contributed by atoms with E-state index in [4.69, 9.17) is 11.0 Å². The Kier molecular flexibility index (Phi) is 5.69. The lowest BCUT2D eigenvalue weighted by atomic mass is 9.91. The number of aromatic nitrogens is 1. The van der Waals surface area contributed by atoms with E-state index in [1.807, 2.05) is 6.07 Å². The number of hydrogen-bond acceptors (Lipinski definition) is 6. The molecule has 0 saturated carbocycles. The first-order valence-corrected chi connectivity index (χ1v) is 11.2. The predicted molar refractivity (Wildman–Crippen MR) is 120 cm³/mol. The van der Waals surface area contributed by atoms with Gasteiger partial charge in [0.2, 0.25) is 0 Å². The smallest absolute Gasteiger partial charge is 0.149 e. The molecular formula is C22H24F2N4O2S. The van der Waals surface area contributed by atoms with Crippen molar-refractivity contribution < 1.29 is 17.9 Å². The summed E-state index contributed by atoms with van der Waals surface area (Å²) >= 11 is 0. The molecule has 0 spiro atoms. The van der Waals surface area contributed by atoms with Crippen LogP contribution in [0.4, 0.5) is 8.78 Å². The Labute approximate surface area is 181 Å². The van der Waals surface area contributed by atoms with E-state index in [0.717, 1.165) is 0 Å². The van der Waals surface area contributed by atoms with E-state index < -0.39 is 32.5 Å². The number of aryl methyl sites for hydroxylation is 1. The van der Waals surface area contributed by atoms with Crippen molar-refractivity contribution in [2.45, 2.75) is 38.0 Å². The highest BCUT2D eigenvalue weighted by molar-refractivity contribution is 8.26. The van der Waals surface area contributed by atoms with Crippen LogP contribution in [-0.4, -0.2) is 30.4 Å². The first-order valence-electron chi connectivity index (χ1n) is 9.46. The summed E-state index contributed by atoms with van der Waals surface area (Å²) in [5.41, 5.74) is 5.99. The van der Waals surface area contributed by atoms with Gasteiger partial charge >= 0.3 is 0 Å². The molecule has 9 heteroatoms. The number of amidine groups is 1. The fourth-order valence-corrected chi connectivity index (χ4v) is 5.20. The lowest BCUT2D eigenvalue weighted by molar-refractivity contribution is 0.416. The summed E-state index contributed by atoms with van der Waals surface area (Å²) in [7, 11) is -3.22. The van der Waals surface area contributed by atoms with Gasteiger partial charge in [-0.15, -0.1) is 0 Å². The fourth-order valence-electron chi connectivity index (χ4n) is 3.46. The Balaban J connectivity index is 2.06. The number of nitriles is 1. The van der Waals surface area contributed by atoms with Gasteiger partial charge in [0.1, 0.15) is 39.5 Å². The third kappa shape index (κ3) is 4.06. The second-order valence-electron chi connectivity index (χ2n) is 8.33. The zero-order valence-corrected chi connectivity index (χ0v) is 18.5. The number of hydrogen-bond donors (Lipinski definition) is 3. The second kappa shape index (κ2) is 7.71. The number of nitrogens with two attached hydrogens (primary N) is 1. The van der Waals surface area contributed by atoms with Gasteiger partial charge in [-0.2, -0.15) is 15.9 Å². The highest BCUT2D eigenvalue weighted by Crippen LogP contribution is 2.59. The molecule has 6 nitrogen and oxygen atoms in total. The van der Waals surface area contributed by atoms with Crippen molar-refractivity contribution in [1.82, 2.24) is 4.98 Å². The van der Waals surface area contributed by atoms with Gasteiger partial charge in [-0.1, -0.05) is 6.07 Å². The number of benzene rings is 1. The molecule has 0 fully saturated rings. The normalized spacial score (nSPS) is 23.6. The van der Waals surface area contributed by atoms with Crippen LogP contribution in [0.1, 0.15) is 48.7 Å². The maximum absolute atomic E-state index is 14.9. The van der Waals surface area contributed by atoms with E-state index in [1.165, 1.54) is 36.5 Å². The van der Waals surface area contributed by atoms with E-state index in [0.29, 0.717) is 16.7 Å². The summed E-state index contributed by atoms with van der Waals surface area (Å²) in [6, 6.07) is 7.47. The largest absolute Gasteiger partial charge is 0.386 e. The van der Waals surface area contributed by atoms with Crippen molar-refractivity contribution in [2.75, 3.05) is 5.75 Å². The summed E-state index contributed by atoms with van der Waals surface area (Å²) in [6.07, 6.45) is 2.48. The summed E-state index contributed by atoms with van der Waals surface area (Å²) in [5.74, 6) is -1.46. The van der Waals surface area contributed by atoms with Crippen molar-refractivity contribution >= 4 is 28.3 Å². The molecule has 1 aliphatic heterocycles. The minimum atomic E-state index is -3.22. The van der Waals surface area contributed by atoms with Crippen LogP contribution in [-0.2, 0) is 5.54 Å². The number of halogens is 2. The number of rotatable bonds is 3. The lowest BCUT2D eigenvalue weighted by Gasteiger charge is -2.53. The minimum absolute atomic E-state index is 0.0187. The molecule has 1 aliphatic rings. The van der Waals surface area contributed by atoms with E-state index in [9.17, 15) is 17.9 Å². The molecule has 2 aromatic rings. The van der Waals surface area contributed by atoms with E-state index >= 15 is 0 Å². The van der Waals surface area contributed by atoms with Gasteiger partial charge in [-0.3, -0.25) is 19.1 Å². The molecule has 0 amide bonds. The highest BCUT2D eigenvalue weighted by Gasteiger charge is 2.49. The average molecular weight is 447 g/mol. The second-order valence-corrected chi connectivity index (χ2v) is 11.0. The van der Waals surface area contributed by atoms with E-state index in [-0.39, 0.29) is 22.8 Å². The van der Waals surface area contributed by atoms with E-state index in [1.54, 1.807) is 27.7 Å². The first kappa shape index (κ1) is 22.9. The zero-order valence-electron chi connectivity index (χ0n) is 17.6. The topological polar surface area (TPSA) is 116 Å². The molecule has 1 aromatic heterocycles. The minimum Gasteiger partial charge on any atom is -0.386 e. The van der Waals surface area contributed by atoms with Gasteiger partial charge in [-0.25, -0.2) is 8.78 Å². The molecule has 1 atom stereocenters. The first-order chi connectivity index (χ1) is 14.3.